The number of piperidine rings is 1. The third-order valence-electron chi connectivity index (χ3n) is 5.02. The first-order valence-electron chi connectivity index (χ1n) is 9.30. The predicted molar refractivity (Wildman–Crippen MR) is 108 cm³/mol. The highest BCUT2D eigenvalue weighted by atomic mass is 35.5. The summed E-state index contributed by atoms with van der Waals surface area (Å²) in [7, 11) is 1.63. The van der Waals surface area contributed by atoms with Gasteiger partial charge in [-0.2, -0.15) is 0 Å². The van der Waals surface area contributed by atoms with Crippen LogP contribution in [0.15, 0.2) is 42.6 Å². The van der Waals surface area contributed by atoms with Crippen LogP contribution >= 0.6 is 11.6 Å². The molecule has 0 unspecified atom stereocenters. The van der Waals surface area contributed by atoms with E-state index in [1.165, 1.54) is 0 Å². The molecule has 3 heterocycles. The van der Waals surface area contributed by atoms with Crippen LogP contribution in [0.4, 0.5) is 5.95 Å². The Morgan fingerprint density at radius 1 is 1.32 bits per heavy atom. The molecule has 1 aliphatic rings. The summed E-state index contributed by atoms with van der Waals surface area (Å²) in [6.07, 6.45) is 3.59. The number of carbonyl (C=O) groups is 1. The summed E-state index contributed by atoms with van der Waals surface area (Å²) in [4.78, 5) is 14.8. The van der Waals surface area contributed by atoms with E-state index in [4.69, 9.17) is 16.3 Å². The lowest BCUT2D eigenvalue weighted by Gasteiger charge is -2.32. The van der Waals surface area contributed by atoms with Gasteiger partial charge < -0.3 is 15.0 Å². The molecule has 1 amide bonds. The number of hydrogen-bond donors (Lipinski definition) is 1. The maximum absolute atomic E-state index is 12.7. The molecule has 0 bridgehead atoms. The van der Waals surface area contributed by atoms with Crippen LogP contribution < -0.4 is 15.0 Å². The van der Waals surface area contributed by atoms with Crippen LogP contribution in [0.25, 0.3) is 5.65 Å². The zero-order valence-corrected chi connectivity index (χ0v) is 16.4. The summed E-state index contributed by atoms with van der Waals surface area (Å²) in [6, 6.07) is 11.3. The van der Waals surface area contributed by atoms with E-state index in [1.54, 1.807) is 19.4 Å². The van der Waals surface area contributed by atoms with Crippen molar-refractivity contribution in [3.05, 3.63) is 53.2 Å². The van der Waals surface area contributed by atoms with Gasteiger partial charge in [-0.3, -0.25) is 9.20 Å². The fourth-order valence-corrected chi connectivity index (χ4v) is 3.72. The first-order chi connectivity index (χ1) is 13.6. The van der Waals surface area contributed by atoms with Gasteiger partial charge in [0.25, 0.3) is 0 Å². The minimum absolute atomic E-state index is 0.0550. The zero-order chi connectivity index (χ0) is 19.5. The minimum atomic E-state index is -0.0918. The number of anilines is 1. The first kappa shape index (κ1) is 18.6. The van der Waals surface area contributed by atoms with Crippen LogP contribution in [0.1, 0.15) is 18.4 Å². The predicted octanol–water partition coefficient (Wildman–Crippen LogP) is 2.92. The van der Waals surface area contributed by atoms with Crippen molar-refractivity contribution in [2.45, 2.75) is 19.4 Å². The second-order valence-corrected chi connectivity index (χ2v) is 7.37. The van der Waals surface area contributed by atoms with E-state index in [2.05, 4.69) is 20.4 Å². The Labute approximate surface area is 168 Å². The summed E-state index contributed by atoms with van der Waals surface area (Å²) in [6.45, 7) is 1.93. The van der Waals surface area contributed by atoms with Crippen LogP contribution in [0.3, 0.4) is 0 Å². The van der Waals surface area contributed by atoms with Gasteiger partial charge in [-0.1, -0.05) is 23.7 Å². The number of benzene rings is 1. The minimum Gasteiger partial charge on any atom is -0.497 e. The highest BCUT2D eigenvalue weighted by Crippen LogP contribution is 2.24. The van der Waals surface area contributed by atoms with Crippen molar-refractivity contribution in [2.24, 2.45) is 5.92 Å². The summed E-state index contributed by atoms with van der Waals surface area (Å²) in [5, 5.41) is 12.2. The van der Waals surface area contributed by atoms with Crippen molar-refractivity contribution in [3.63, 3.8) is 0 Å². The molecule has 0 saturated carbocycles. The Morgan fingerprint density at radius 2 is 2.21 bits per heavy atom. The summed E-state index contributed by atoms with van der Waals surface area (Å²) in [5.74, 6) is 1.47. The van der Waals surface area contributed by atoms with Crippen LogP contribution in [-0.4, -0.2) is 40.7 Å². The maximum Gasteiger partial charge on any atom is 0.231 e. The van der Waals surface area contributed by atoms with E-state index in [9.17, 15) is 4.79 Å². The summed E-state index contributed by atoms with van der Waals surface area (Å²) >= 11 is 6.12. The van der Waals surface area contributed by atoms with Crippen LogP contribution in [-0.2, 0) is 11.3 Å². The van der Waals surface area contributed by atoms with Crippen molar-refractivity contribution < 1.29 is 9.53 Å². The van der Waals surface area contributed by atoms with Crippen molar-refractivity contribution in [1.29, 1.82) is 0 Å². The SMILES string of the molecule is COc1cccc(CNC(=O)[C@@H]2CCCN(c3nnc4ccc(Cl)cn34)C2)c1. The van der Waals surface area contributed by atoms with E-state index in [0.29, 0.717) is 18.1 Å². The number of fused-ring (bicyclic) bond motifs is 1. The standard InChI is InChI=1S/C20H22ClN5O2/c1-28-17-6-2-4-14(10-17)11-22-19(27)15-5-3-9-25(12-15)20-24-23-18-8-7-16(21)13-26(18)20/h2,4,6-8,10,13,15H,3,5,9,11-12H2,1H3,(H,22,27)/t15-/m1/s1. The molecule has 4 rings (SSSR count). The first-order valence-corrected chi connectivity index (χ1v) is 9.68. The molecule has 1 aliphatic heterocycles. The average Bonchev–Trinajstić information content (AvgIpc) is 3.15. The number of hydrogen-bond acceptors (Lipinski definition) is 5. The van der Waals surface area contributed by atoms with Gasteiger partial charge in [0.15, 0.2) is 5.65 Å². The molecule has 0 radical (unpaired) electrons. The number of aromatic nitrogens is 3. The van der Waals surface area contributed by atoms with E-state index in [0.717, 1.165) is 42.3 Å². The second kappa shape index (κ2) is 8.06. The third-order valence-corrected chi connectivity index (χ3v) is 5.25. The highest BCUT2D eigenvalue weighted by molar-refractivity contribution is 6.30. The van der Waals surface area contributed by atoms with Gasteiger partial charge >= 0.3 is 0 Å². The van der Waals surface area contributed by atoms with Gasteiger partial charge in [0.2, 0.25) is 11.9 Å². The number of halogens is 1. The monoisotopic (exact) mass is 399 g/mol. The smallest absolute Gasteiger partial charge is 0.231 e. The molecular weight excluding hydrogens is 378 g/mol. The number of amides is 1. The average molecular weight is 400 g/mol. The van der Waals surface area contributed by atoms with Crippen LogP contribution in [0.5, 0.6) is 5.75 Å². The molecule has 1 saturated heterocycles. The van der Waals surface area contributed by atoms with Crippen molar-refractivity contribution in [3.8, 4) is 5.75 Å². The third kappa shape index (κ3) is 3.89. The summed E-state index contributed by atoms with van der Waals surface area (Å²) < 4.78 is 7.11. The number of ether oxygens (including phenoxy) is 1. The molecule has 1 N–H and O–H groups in total. The number of pyridine rings is 1. The molecule has 1 fully saturated rings. The Hall–Kier alpha value is -2.80. The van der Waals surface area contributed by atoms with Crippen molar-refractivity contribution >= 4 is 29.1 Å². The number of nitrogens with zero attached hydrogens (tertiary/aromatic N) is 4. The lowest BCUT2D eigenvalue weighted by Crippen LogP contribution is -2.43. The molecule has 3 aromatic rings. The number of rotatable bonds is 5. The fourth-order valence-electron chi connectivity index (χ4n) is 3.56. The molecule has 0 spiro atoms. The Balaban J connectivity index is 1.42. The molecule has 1 atom stereocenters. The van der Waals surface area contributed by atoms with E-state index in [1.807, 2.05) is 34.7 Å². The summed E-state index contributed by atoms with van der Waals surface area (Å²) in [5.41, 5.74) is 1.75. The number of nitrogens with one attached hydrogen (secondary N) is 1. The topological polar surface area (TPSA) is 71.8 Å². The van der Waals surface area contributed by atoms with E-state index < -0.39 is 0 Å². The molecule has 146 valence electrons. The quantitative estimate of drug-likeness (QED) is 0.714. The van der Waals surface area contributed by atoms with Gasteiger partial charge in [-0.05, 0) is 42.7 Å². The largest absolute Gasteiger partial charge is 0.497 e. The highest BCUT2D eigenvalue weighted by Gasteiger charge is 2.28. The van der Waals surface area contributed by atoms with E-state index >= 15 is 0 Å². The molecule has 8 heteroatoms. The van der Waals surface area contributed by atoms with Gasteiger partial charge in [0.1, 0.15) is 5.75 Å². The molecule has 28 heavy (non-hydrogen) atoms. The van der Waals surface area contributed by atoms with Crippen molar-refractivity contribution in [1.82, 2.24) is 19.9 Å². The van der Waals surface area contributed by atoms with Crippen LogP contribution in [0.2, 0.25) is 5.02 Å². The van der Waals surface area contributed by atoms with Crippen LogP contribution in [0, 0.1) is 5.92 Å². The lowest BCUT2D eigenvalue weighted by atomic mass is 9.97. The number of carbonyl (C=O) groups excluding carboxylic acids is 1. The van der Waals surface area contributed by atoms with Gasteiger partial charge in [0.05, 0.1) is 18.1 Å². The Morgan fingerprint density at radius 3 is 3.07 bits per heavy atom. The van der Waals surface area contributed by atoms with E-state index in [-0.39, 0.29) is 11.8 Å². The molecule has 1 aromatic carbocycles. The molecule has 7 nitrogen and oxygen atoms in total. The Kier molecular flexibility index (Phi) is 5.34. The van der Waals surface area contributed by atoms with Gasteiger partial charge in [-0.15, -0.1) is 10.2 Å². The molecule has 0 aliphatic carbocycles. The van der Waals surface area contributed by atoms with Gasteiger partial charge in [-0.25, -0.2) is 0 Å². The molecular formula is C20H22ClN5O2. The molecule has 2 aromatic heterocycles. The second-order valence-electron chi connectivity index (χ2n) is 6.93. The number of methoxy groups -OCH3 is 1. The zero-order valence-electron chi connectivity index (χ0n) is 15.6. The fraction of sp³-hybridized carbons (Fsp3) is 0.350. The Bertz CT molecular complexity index is 990. The normalized spacial score (nSPS) is 16.9. The maximum atomic E-state index is 12.7. The van der Waals surface area contributed by atoms with Crippen molar-refractivity contribution in [2.75, 3.05) is 25.1 Å². The lowest BCUT2D eigenvalue weighted by molar-refractivity contribution is -0.125. The van der Waals surface area contributed by atoms with Gasteiger partial charge in [0, 0.05) is 25.8 Å².